The van der Waals surface area contributed by atoms with Crippen molar-refractivity contribution in [3.63, 3.8) is 0 Å². The Morgan fingerprint density at radius 1 is 1.09 bits per heavy atom. The molecule has 0 saturated heterocycles. The van der Waals surface area contributed by atoms with Crippen LogP contribution in [0.2, 0.25) is 0 Å². The van der Waals surface area contributed by atoms with Crippen LogP contribution < -0.4 is 13.8 Å². The van der Waals surface area contributed by atoms with E-state index in [4.69, 9.17) is 4.74 Å². The Balaban J connectivity index is 1.85. The fraction of sp³-hybridized carbons (Fsp3) is 0.250. The number of nitrogens with one attached hydrogen (secondary N) is 1. The van der Waals surface area contributed by atoms with Gasteiger partial charge in [-0.1, -0.05) is 42.5 Å². The second-order valence-electron chi connectivity index (χ2n) is 5.14. The van der Waals surface area contributed by atoms with Crippen LogP contribution in [0.4, 0.5) is 5.69 Å². The lowest BCUT2D eigenvalue weighted by molar-refractivity contribution is 0.315. The summed E-state index contributed by atoms with van der Waals surface area (Å²) in [5, 5.41) is 0. The molecule has 1 N–H and O–H groups in total. The molecule has 3 rings (SSSR count). The Hall–Kier alpha value is -2.05. The van der Waals surface area contributed by atoms with Crippen molar-refractivity contribution in [3.8, 4) is 5.75 Å². The zero-order valence-corrected chi connectivity index (χ0v) is 13.1. The molecule has 1 unspecified atom stereocenters. The predicted octanol–water partition coefficient (Wildman–Crippen LogP) is 2.48. The Labute approximate surface area is 130 Å². The van der Waals surface area contributed by atoms with Crippen LogP contribution in [-0.2, 0) is 10.2 Å². The van der Waals surface area contributed by atoms with Gasteiger partial charge in [0.1, 0.15) is 12.4 Å². The van der Waals surface area contributed by atoms with Gasteiger partial charge in [0, 0.05) is 6.04 Å². The summed E-state index contributed by atoms with van der Waals surface area (Å²) in [7, 11) is -3.64. The highest BCUT2D eigenvalue weighted by Crippen LogP contribution is 2.32. The lowest BCUT2D eigenvalue weighted by atomic mass is 10.1. The van der Waals surface area contributed by atoms with Gasteiger partial charge in [0.15, 0.2) is 0 Å². The van der Waals surface area contributed by atoms with E-state index in [9.17, 15) is 8.42 Å². The molecule has 0 aromatic heterocycles. The number of hydrogen-bond donors (Lipinski definition) is 1. The highest BCUT2D eigenvalue weighted by atomic mass is 32.2. The molecule has 1 atom stereocenters. The maximum Gasteiger partial charge on any atom is 0.302 e. The third-order valence-corrected chi connectivity index (χ3v) is 5.21. The minimum absolute atomic E-state index is 0.299. The molecule has 6 heteroatoms. The fourth-order valence-electron chi connectivity index (χ4n) is 2.49. The third-order valence-electron chi connectivity index (χ3n) is 3.60. The Morgan fingerprint density at radius 3 is 2.55 bits per heavy atom. The van der Waals surface area contributed by atoms with Gasteiger partial charge in [-0.2, -0.15) is 13.1 Å². The largest absolute Gasteiger partial charge is 0.489 e. The predicted molar refractivity (Wildman–Crippen MR) is 86.2 cm³/mol. The normalized spacial score (nSPS) is 15.8. The van der Waals surface area contributed by atoms with Gasteiger partial charge in [-0.25, -0.2) is 0 Å². The van der Waals surface area contributed by atoms with Crippen LogP contribution in [0.3, 0.4) is 0 Å². The van der Waals surface area contributed by atoms with E-state index in [0.29, 0.717) is 24.6 Å². The molecule has 2 aromatic rings. The SMILES string of the molecule is CC(NS(=O)(=O)N1CCOc2ccccc21)c1ccccc1. The summed E-state index contributed by atoms with van der Waals surface area (Å²) < 4.78 is 35.0. The minimum Gasteiger partial charge on any atom is -0.489 e. The summed E-state index contributed by atoms with van der Waals surface area (Å²) in [5.41, 5.74) is 1.49. The summed E-state index contributed by atoms with van der Waals surface area (Å²) in [6.07, 6.45) is 0. The number of rotatable bonds is 4. The number of para-hydroxylation sites is 2. The van der Waals surface area contributed by atoms with Crippen molar-refractivity contribution in [3.05, 3.63) is 60.2 Å². The van der Waals surface area contributed by atoms with E-state index in [2.05, 4.69) is 4.72 Å². The number of benzene rings is 2. The van der Waals surface area contributed by atoms with Gasteiger partial charge in [-0.05, 0) is 24.6 Å². The van der Waals surface area contributed by atoms with Crippen molar-refractivity contribution >= 4 is 15.9 Å². The zero-order valence-electron chi connectivity index (χ0n) is 12.3. The minimum atomic E-state index is -3.64. The molecule has 0 bridgehead atoms. The van der Waals surface area contributed by atoms with Crippen molar-refractivity contribution in [2.45, 2.75) is 13.0 Å². The van der Waals surface area contributed by atoms with Crippen LogP contribution in [0.5, 0.6) is 5.75 Å². The molecule has 0 saturated carbocycles. The zero-order chi connectivity index (χ0) is 15.6. The first kappa shape index (κ1) is 14.9. The van der Waals surface area contributed by atoms with Gasteiger partial charge in [0.25, 0.3) is 0 Å². The second kappa shape index (κ2) is 5.98. The summed E-state index contributed by atoms with van der Waals surface area (Å²) in [6.45, 7) is 2.48. The number of anilines is 1. The van der Waals surface area contributed by atoms with Crippen molar-refractivity contribution in [1.82, 2.24) is 4.72 Å². The first-order chi connectivity index (χ1) is 10.6. The van der Waals surface area contributed by atoms with E-state index < -0.39 is 10.2 Å². The van der Waals surface area contributed by atoms with Crippen molar-refractivity contribution in [2.24, 2.45) is 0 Å². The standard InChI is InChI=1S/C16H18N2O3S/c1-13(14-7-3-2-4-8-14)17-22(19,20)18-11-12-21-16-10-6-5-9-15(16)18/h2-10,13,17H,11-12H2,1H3. The highest BCUT2D eigenvalue weighted by Gasteiger charge is 2.29. The molecule has 0 spiro atoms. The highest BCUT2D eigenvalue weighted by molar-refractivity contribution is 7.90. The Kier molecular flexibility index (Phi) is 4.04. The van der Waals surface area contributed by atoms with E-state index in [1.165, 1.54) is 4.31 Å². The van der Waals surface area contributed by atoms with E-state index in [0.717, 1.165) is 5.56 Å². The number of ether oxygens (including phenoxy) is 1. The van der Waals surface area contributed by atoms with Crippen LogP contribution in [-0.4, -0.2) is 21.6 Å². The average molecular weight is 318 g/mol. The second-order valence-corrected chi connectivity index (χ2v) is 6.77. The lowest BCUT2D eigenvalue weighted by Gasteiger charge is -2.31. The van der Waals surface area contributed by atoms with Gasteiger partial charge in [0.05, 0.1) is 12.2 Å². The summed E-state index contributed by atoms with van der Waals surface area (Å²) in [4.78, 5) is 0. The first-order valence-electron chi connectivity index (χ1n) is 7.15. The Morgan fingerprint density at radius 2 is 1.77 bits per heavy atom. The molecule has 1 aliphatic rings. The van der Waals surface area contributed by atoms with Crippen LogP contribution in [0.1, 0.15) is 18.5 Å². The summed E-state index contributed by atoms with van der Waals surface area (Å²) in [6, 6.07) is 16.4. The number of fused-ring (bicyclic) bond motifs is 1. The number of hydrogen-bond acceptors (Lipinski definition) is 3. The van der Waals surface area contributed by atoms with Crippen LogP contribution in [0.15, 0.2) is 54.6 Å². The molecule has 2 aromatic carbocycles. The third kappa shape index (κ3) is 2.93. The molecular weight excluding hydrogens is 300 g/mol. The van der Waals surface area contributed by atoms with Gasteiger partial charge in [-0.3, -0.25) is 4.31 Å². The molecule has 0 amide bonds. The van der Waals surface area contributed by atoms with Gasteiger partial charge in [0.2, 0.25) is 0 Å². The molecule has 1 aliphatic heterocycles. The summed E-state index contributed by atoms with van der Waals surface area (Å²) in [5.74, 6) is 0.589. The van der Waals surface area contributed by atoms with Crippen LogP contribution >= 0.6 is 0 Å². The van der Waals surface area contributed by atoms with Crippen molar-refractivity contribution in [2.75, 3.05) is 17.5 Å². The van der Waals surface area contributed by atoms with Crippen molar-refractivity contribution < 1.29 is 13.2 Å². The summed E-state index contributed by atoms with van der Waals surface area (Å²) >= 11 is 0. The van der Waals surface area contributed by atoms with Gasteiger partial charge in [-0.15, -0.1) is 0 Å². The van der Waals surface area contributed by atoms with E-state index >= 15 is 0 Å². The lowest BCUT2D eigenvalue weighted by Crippen LogP contribution is -2.45. The van der Waals surface area contributed by atoms with E-state index in [1.807, 2.05) is 43.3 Å². The quantitative estimate of drug-likeness (QED) is 0.942. The topological polar surface area (TPSA) is 58.6 Å². The fourth-order valence-corrected chi connectivity index (χ4v) is 3.93. The smallest absolute Gasteiger partial charge is 0.302 e. The molecule has 0 radical (unpaired) electrons. The van der Waals surface area contributed by atoms with Crippen molar-refractivity contribution in [1.29, 1.82) is 0 Å². The van der Waals surface area contributed by atoms with Crippen LogP contribution in [0.25, 0.3) is 0 Å². The molecule has 0 aliphatic carbocycles. The van der Waals surface area contributed by atoms with E-state index in [1.54, 1.807) is 18.2 Å². The first-order valence-corrected chi connectivity index (χ1v) is 8.59. The molecule has 5 nitrogen and oxygen atoms in total. The Bertz CT molecular complexity index is 747. The molecule has 116 valence electrons. The maximum atomic E-state index is 12.7. The molecule has 1 heterocycles. The monoisotopic (exact) mass is 318 g/mol. The van der Waals surface area contributed by atoms with Crippen LogP contribution in [0, 0.1) is 0 Å². The molecular formula is C16H18N2O3S. The number of nitrogens with zero attached hydrogens (tertiary/aromatic N) is 1. The van der Waals surface area contributed by atoms with Gasteiger partial charge >= 0.3 is 10.2 Å². The van der Waals surface area contributed by atoms with E-state index in [-0.39, 0.29) is 6.04 Å². The molecule has 22 heavy (non-hydrogen) atoms. The maximum absolute atomic E-state index is 12.7. The van der Waals surface area contributed by atoms with Gasteiger partial charge < -0.3 is 4.74 Å². The molecule has 0 fully saturated rings. The average Bonchev–Trinajstić information content (AvgIpc) is 2.54.